The smallest absolute Gasteiger partial charge is 0.160 e. The Hall–Kier alpha value is -20.1. The summed E-state index contributed by atoms with van der Waals surface area (Å²) in [5.74, 6) is 2.27. The Kier molecular flexibility index (Phi) is 22.8. The molecule has 0 fully saturated rings. The first-order valence-corrected chi connectivity index (χ1v) is 50.5. The summed E-state index contributed by atoms with van der Waals surface area (Å²) in [5, 5.41) is 12.7. The molecule has 0 spiro atoms. The van der Waals surface area contributed by atoms with E-state index in [0.717, 1.165) is 223 Å². The minimum absolute atomic E-state index is 0.210. The van der Waals surface area contributed by atoms with Crippen molar-refractivity contribution in [3.8, 4) is 157 Å². The Morgan fingerprint density at radius 2 is 0.587 bits per heavy atom. The van der Waals surface area contributed by atoms with Crippen molar-refractivity contribution in [2.24, 2.45) is 5.92 Å². The molecule has 150 heavy (non-hydrogen) atoms. The van der Waals surface area contributed by atoms with Crippen molar-refractivity contribution < 1.29 is 0 Å². The number of pyridine rings is 6. The molecule has 0 N–H and O–H groups in total. The monoisotopic (exact) mass is 1910 g/mol. The lowest BCUT2D eigenvalue weighted by atomic mass is 9.67. The lowest BCUT2D eigenvalue weighted by Gasteiger charge is -2.36. The van der Waals surface area contributed by atoms with Crippen LogP contribution in [0.4, 0.5) is 0 Å². The zero-order chi connectivity index (χ0) is 99.3. The van der Waals surface area contributed by atoms with Gasteiger partial charge in [0.15, 0.2) is 17.5 Å². The average Bonchev–Trinajstić information content (AvgIpc) is 0.703. The standard InChI is InChI=1S/C50H32N4.C48H30N4.C40H26N4/c1-3-10-44-38(6-1)26-40(29-51-44)31-12-16-33(17-13-31)46-28-47(42-24-22-36-19-18-34-8-5-9-35-23-25-43(42)49(36)48(34)35)54-50(53-46)37-20-14-32(15-21-37)41-27-39-7-2-4-11-45(39)52-30-41;1-4-12-40-35(9-1)27-43(42-14-6-5-13-41(40)42)47-28-46(33-21-17-31(18-22-33)38-25-36-10-2-7-15-44(36)49-29-38)51-48(52-47)34-23-19-32(20-24-34)39-26-37-11-3-8-16-45(37)50-30-39;1-2-8-29(9-3-1)38-24-39(30-18-14-28(15-19-30)36-26-41-25-32-10-4-5-11-33(32)36)44-40(43-38)31-20-16-27(17-21-31)34-22-23-42-37-13-7-6-12-35(34)37/h1-7,9-30,49H,8H2;1-30H;1-26H. The van der Waals surface area contributed by atoms with Gasteiger partial charge in [0.1, 0.15) is 0 Å². The van der Waals surface area contributed by atoms with Gasteiger partial charge in [-0.15, -0.1) is 0 Å². The lowest BCUT2D eigenvalue weighted by molar-refractivity contribution is 0.834. The first-order chi connectivity index (χ1) is 74.2. The molecular weight excluding hydrogens is 1830 g/mol. The van der Waals surface area contributed by atoms with Crippen molar-refractivity contribution in [3.63, 3.8) is 0 Å². The van der Waals surface area contributed by atoms with Gasteiger partial charge >= 0.3 is 0 Å². The van der Waals surface area contributed by atoms with Crippen LogP contribution < -0.4 is 0 Å². The van der Waals surface area contributed by atoms with Crippen LogP contribution in [0.3, 0.4) is 0 Å². The molecule has 12 heteroatoms. The normalized spacial score (nSPS) is 13.3. The molecular formula is C138H88N12. The summed E-state index contributed by atoms with van der Waals surface area (Å²) < 4.78 is 0. The number of rotatable bonds is 15. The summed E-state index contributed by atoms with van der Waals surface area (Å²) in [6, 6.07) is 148. The van der Waals surface area contributed by atoms with E-state index in [1.807, 2.05) is 140 Å². The number of aromatic nitrogens is 12. The molecule has 1 atom stereocenters. The van der Waals surface area contributed by atoms with Crippen LogP contribution >= 0.6 is 0 Å². The van der Waals surface area contributed by atoms with Crippen LogP contribution in [0, 0.1) is 5.92 Å². The maximum atomic E-state index is 5.31. The zero-order valence-corrected chi connectivity index (χ0v) is 81.2. The molecule has 9 heterocycles. The highest BCUT2D eigenvalue weighted by Gasteiger charge is 2.35. The van der Waals surface area contributed by atoms with E-state index in [1.54, 1.807) is 0 Å². The molecule has 4 aliphatic rings. The van der Waals surface area contributed by atoms with Crippen LogP contribution in [0.25, 0.3) is 250 Å². The van der Waals surface area contributed by atoms with Gasteiger partial charge in [0.05, 0.1) is 61.7 Å². The summed E-state index contributed by atoms with van der Waals surface area (Å²) in [4.78, 5) is 58.9. The number of fused-ring (bicyclic) bond motifs is 9. The Morgan fingerprint density at radius 3 is 1.09 bits per heavy atom. The molecule has 0 amide bonds. The van der Waals surface area contributed by atoms with Gasteiger partial charge in [-0.05, 0) is 185 Å². The topological polar surface area (TPSA) is 155 Å². The number of hydrogen-bond donors (Lipinski definition) is 0. The molecule has 29 rings (SSSR count). The summed E-state index contributed by atoms with van der Waals surface area (Å²) >= 11 is 0. The van der Waals surface area contributed by atoms with E-state index >= 15 is 0 Å². The molecule has 0 saturated heterocycles. The molecule has 9 aromatic heterocycles. The van der Waals surface area contributed by atoms with Crippen molar-refractivity contribution in [3.05, 3.63) is 550 Å². The highest BCUT2D eigenvalue weighted by atomic mass is 14.9. The average molecular weight is 1910 g/mol. The Bertz CT molecular complexity index is 9510. The molecule has 0 saturated carbocycles. The van der Waals surface area contributed by atoms with Gasteiger partial charge in [-0.1, -0.05) is 388 Å². The van der Waals surface area contributed by atoms with Crippen LogP contribution in [-0.2, 0) is 0 Å². The first-order valence-electron chi connectivity index (χ1n) is 50.5. The second kappa shape index (κ2) is 38.6. The third kappa shape index (κ3) is 17.3. The van der Waals surface area contributed by atoms with E-state index < -0.39 is 0 Å². The quantitative estimate of drug-likeness (QED) is 0.0897. The molecule has 0 radical (unpaired) electrons. The summed E-state index contributed by atoms with van der Waals surface area (Å²) in [6.07, 6.45) is 32.7. The van der Waals surface area contributed by atoms with E-state index in [9.17, 15) is 0 Å². The van der Waals surface area contributed by atoms with E-state index in [2.05, 4.69) is 396 Å². The van der Waals surface area contributed by atoms with Crippen LogP contribution in [0.5, 0.6) is 0 Å². The van der Waals surface area contributed by atoms with Gasteiger partial charge in [0, 0.05) is 160 Å². The fraction of sp³-hybridized carbons (Fsp3) is 0.0145. The van der Waals surface area contributed by atoms with Crippen molar-refractivity contribution >= 4 is 92.4 Å². The van der Waals surface area contributed by atoms with Crippen molar-refractivity contribution in [1.82, 2.24) is 59.8 Å². The summed E-state index contributed by atoms with van der Waals surface area (Å²) in [7, 11) is 0. The molecule has 4 aliphatic carbocycles. The molecule has 0 aliphatic heterocycles. The lowest BCUT2D eigenvalue weighted by Crippen LogP contribution is -2.22. The molecule has 25 aromatic rings. The summed E-state index contributed by atoms with van der Waals surface area (Å²) in [6.45, 7) is 0. The van der Waals surface area contributed by atoms with Gasteiger partial charge in [-0.3, -0.25) is 29.9 Å². The third-order valence-electron chi connectivity index (χ3n) is 29.1. The molecule has 12 nitrogen and oxygen atoms in total. The van der Waals surface area contributed by atoms with Crippen LogP contribution in [0.15, 0.2) is 544 Å². The van der Waals surface area contributed by atoms with Gasteiger partial charge in [0.2, 0.25) is 0 Å². The fourth-order valence-corrected chi connectivity index (χ4v) is 21.3. The summed E-state index contributed by atoms with van der Waals surface area (Å²) in [5.41, 5.74) is 39.5. The molecule has 700 valence electrons. The van der Waals surface area contributed by atoms with E-state index in [-0.39, 0.29) is 5.92 Å². The molecule has 16 aromatic carbocycles. The third-order valence-corrected chi connectivity index (χ3v) is 29.1. The zero-order valence-electron chi connectivity index (χ0n) is 81.2. The second-order valence-corrected chi connectivity index (χ2v) is 38.2. The predicted octanol–water partition coefficient (Wildman–Crippen LogP) is 34.0. The maximum Gasteiger partial charge on any atom is 0.160 e. The minimum Gasteiger partial charge on any atom is -0.263 e. The molecule has 0 bridgehead atoms. The Morgan fingerprint density at radius 1 is 0.207 bits per heavy atom. The van der Waals surface area contributed by atoms with Gasteiger partial charge in [0.25, 0.3) is 0 Å². The fourth-order valence-electron chi connectivity index (χ4n) is 21.3. The second-order valence-electron chi connectivity index (χ2n) is 38.2. The van der Waals surface area contributed by atoms with Crippen molar-refractivity contribution in [2.45, 2.75) is 6.42 Å². The molecule has 1 unspecified atom stereocenters. The minimum atomic E-state index is 0.210. The number of nitrogens with zero attached hydrogens (tertiary/aromatic N) is 12. The van der Waals surface area contributed by atoms with Crippen molar-refractivity contribution in [2.75, 3.05) is 0 Å². The number of benzene rings is 16. The van der Waals surface area contributed by atoms with Crippen LogP contribution in [0.2, 0.25) is 0 Å². The van der Waals surface area contributed by atoms with E-state index in [1.165, 1.54) is 49.4 Å². The first kappa shape index (κ1) is 88.8. The largest absolute Gasteiger partial charge is 0.263 e. The van der Waals surface area contributed by atoms with Gasteiger partial charge in [-0.25, -0.2) is 29.9 Å². The van der Waals surface area contributed by atoms with Crippen molar-refractivity contribution in [1.29, 1.82) is 0 Å². The maximum absolute atomic E-state index is 5.31. The Balaban J connectivity index is 0.000000111. The van der Waals surface area contributed by atoms with Gasteiger partial charge in [-0.2, -0.15) is 0 Å². The number of para-hydroxylation sites is 5. The number of hydrogen-bond acceptors (Lipinski definition) is 12. The number of allylic oxidation sites excluding steroid dienone is 14. The van der Waals surface area contributed by atoms with E-state index in [4.69, 9.17) is 39.9 Å². The van der Waals surface area contributed by atoms with Crippen LogP contribution in [-0.4, -0.2) is 59.8 Å². The Labute approximate surface area is 865 Å². The van der Waals surface area contributed by atoms with Crippen LogP contribution in [0.1, 0.15) is 12.1 Å². The SMILES string of the molecule is C1=CC2=C3C(=CC=C4C=CC(c5cc(-c6ccc(-c7cnc8ccccc8c7)cc6)nc(-c6ccc(-c7cnc8ccccc8c7)cc6)n5)=C(C=C2)C43)C1.c1ccc(-c2cc(-c3ccc(-c4cncc5ccccc45)cc3)nc(-c3ccc(-c4ccnc5ccccc45)cc3)n2)cc1.c1ccc2ncc(-c3ccc(-c4cc(-c5cc6ccccc6c6ccccc56)nc(-c5ccc(-c6cnc7ccccc7c6)cc5)n4)cc3)cc2c1. The predicted molar refractivity (Wildman–Crippen MR) is 615 cm³/mol. The highest BCUT2D eigenvalue weighted by Crippen LogP contribution is 2.51. The van der Waals surface area contributed by atoms with E-state index in [0.29, 0.717) is 17.5 Å². The highest BCUT2D eigenvalue weighted by molar-refractivity contribution is 6.14. The van der Waals surface area contributed by atoms with Gasteiger partial charge < -0.3 is 0 Å².